The highest BCUT2D eigenvalue weighted by Crippen LogP contribution is 2.28. The van der Waals surface area contributed by atoms with Gasteiger partial charge in [0.25, 0.3) is 0 Å². The zero-order valence-electron chi connectivity index (χ0n) is 9.99. The van der Waals surface area contributed by atoms with Crippen LogP contribution in [0.1, 0.15) is 38.2 Å². The van der Waals surface area contributed by atoms with Crippen molar-refractivity contribution in [3.05, 3.63) is 29.8 Å². The van der Waals surface area contributed by atoms with E-state index in [0.29, 0.717) is 18.6 Å². The SMILES string of the molecule is CC1CCCCC1Oc1ccc(CN)cc1. The van der Waals surface area contributed by atoms with Crippen LogP contribution in [0.5, 0.6) is 5.75 Å². The molecule has 88 valence electrons. The van der Waals surface area contributed by atoms with E-state index in [1.165, 1.54) is 25.7 Å². The first-order valence-corrected chi connectivity index (χ1v) is 6.25. The molecule has 0 heterocycles. The van der Waals surface area contributed by atoms with E-state index in [9.17, 15) is 0 Å². The van der Waals surface area contributed by atoms with Crippen LogP contribution in [-0.2, 0) is 6.54 Å². The van der Waals surface area contributed by atoms with Gasteiger partial charge in [0.1, 0.15) is 11.9 Å². The van der Waals surface area contributed by atoms with Gasteiger partial charge in [-0.25, -0.2) is 0 Å². The van der Waals surface area contributed by atoms with Gasteiger partial charge in [-0.2, -0.15) is 0 Å². The van der Waals surface area contributed by atoms with Crippen LogP contribution in [0.4, 0.5) is 0 Å². The van der Waals surface area contributed by atoms with Gasteiger partial charge in [-0.15, -0.1) is 0 Å². The maximum Gasteiger partial charge on any atom is 0.119 e. The van der Waals surface area contributed by atoms with Crippen LogP contribution in [0.15, 0.2) is 24.3 Å². The van der Waals surface area contributed by atoms with Crippen molar-refractivity contribution < 1.29 is 4.74 Å². The number of ether oxygens (including phenoxy) is 1. The second-order valence-electron chi connectivity index (χ2n) is 4.77. The monoisotopic (exact) mass is 219 g/mol. The quantitative estimate of drug-likeness (QED) is 0.847. The molecule has 2 nitrogen and oxygen atoms in total. The first-order chi connectivity index (χ1) is 7.79. The van der Waals surface area contributed by atoms with Crippen molar-refractivity contribution in [3.63, 3.8) is 0 Å². The molecule has 0 saturated heterocycles. The highest BCUT2D eigenvalue weighted by molar-refractivity contribution is 5.27. The first kappa shape index (κ1) is 11.5. The largest absolute Gasteiger partial charge is 0.490 e. The fraction of sp³-hybridized carbons (Fsp3) is 0.571. The predicted octanol–water partition coefficient (Wildman–Crippen LogP) is 3.10. The number of hydrogen-bond acceptors (Lipinski definition) is 2. The second-order valence-corrected chi connectivity index (χ2v) is 4.77. The maximum atomic E-state index is 6.03. The molecule has 1 fully saturated rings. The van der Waals surface area contributed by atoms with E-state index in [0.717, 1.165) is 11.3 Å². The number of rotatable bonds is 3. The highest BCUT2D eigenvalue weighted by atomic mass is 16.5. The summed E-state index contributed by atoms with van der Waals surface area (Å²) in [6.45, 7) is 2.89. The summed E-state index contributed by atoms with van der Waals surface area (Å²) < 4.78 is 6.03. The van der Waals surface area contributed by atoms with Gasteiger partial charge < -0.3 is 10.5 Å². The Bertz CT molecular complexity index is 320. The van der Waals surface area contributed by atoms with E-state index in [1.54, 1.807) is 0 Å². The normalized spacial score (nSPS) is 25.4. The lowest BCUT2D eigenvalue weighted by molar-refractivity contribution is 0.102. The van der Waals surface area contributed by atoms with Gasteiger partial charge >= 0.3 is 0 Å². The van der Waals surface area contributed by atoms with E-state index in [-0.39, 0.29) is 0 Å². The summed E-state index contributed by atoms with van der Waals surface area (Å²) in [5.41, 5.74) is 6.72. The number of benzene rings is 1. The Morgan fingerprint density at radius 1 is 1.19 bits per heavy atom. The zero-order chi connectivity index (χ0) is 11.4. The minimum Gasteiger partial charge on any atom is -0.490 e. The topological polar surface area (TPSA) is 35.2 Å². The molecule has 0 radical (unpaired) electrons. The van der Waals surface area contributed by atoms with Crippen molar-refractivity contribution in [1.29, 1.82) is 0 Å². The molecule has 1 aliphatic carbocycles. The van der Waals surface area contributed by atoms with Crippen LogP contribution in [0, 0.1) is 5.92 Å². The van der Waals surface area contributed by atoms with Crippen LogP contribution in [0.25, 0.3) is 0 Å². The van der Waals surface area contributed by atoms with Crippen molar-refractivity contribution in [1.82, 2.24) is 0 Å². The van der Waals surface area contributed by atoms with E-state index in [4.69, 9.17) is 10.5 Å². The molecular weight excluding hydrogens is 198 g/mol. The van der Waals surface area contributed by atoms with Crippen molar-refractivity contribution in [3.8, 4) is 5.75 Å². The molecule has 1 saturated carbocycles. The van der Waals surface area contributed by atoms with E-state index in [2.05, 4.69) is 6.92 Å². The van der Waals surface area contributed by atoms with Crippen molar-refractivity contribution >= 4 is 0 Å². The highest BCUT2D eigenvalue weighted by Gasteiger charge is 2.22. The molecule has 1 aromatic carbocycles. The lowest BCUT2D eigenvalue weighted by Crippen LogP contribution is -2.28. The van der Waals surface area contributed by atoms with E-state index >= 15 is 0 Å². The summed E-state index contributed by atoms with van der Waals surface area (Å²) in [5, 5.41) is 0. The third-order valence-electron chi connectivity index (χ3n) is 3.48. The lowest BCUT2D eigenvalue weighted by atomic mass is 9.88. The minimum atomic E-state index is 0.400. The molecule has 1 aromatic rings. The molecule has 1 aliphatic rings. The smallest absolute Gasteiger partial charge is 0.119 e. The summed E-state index contributed by atoms with van der Waals surface area (Å²) in [7, 11) is 0. The Labute approximate surface area is 97.8 Å². The summed E-state index contributed by atoms with van der Waals surface area (Å²) in [4.78, 5) is 0. The van der Waals surface area contributed by atoms with Gasteiger partial charge in [0.2, 0.25) is 0 Å². The van der Waals surface area contributed by atoms with Crippen molar-refractivity contribution in [2.24, 2.45) is 11.7 Å². The van der Waals surface area contributed by atoms with Crippen LogP contribution < -0.4 is 10.5 Å². The molecule has 16 heavy (non-hydrogen) atoms. The Morgan fingerprint density at radius 3 is 2.50 bits per heavy atom. The summed E-state index contributed by atoms with van der Waals surface area (Å²) >= 11 is 0. The van der Waals surface area contributed by atoms with Gasteiger partial charge in [-0.3, -0.25) is 0 Å². The lowest BCUT2D eigenvalue weighted by Gasteiger charge is -2.29. The third-order valence-corrected chi connectivity index (χ3v) is 3.48. The standard InChI is InChI=1S/C14H21NO/c1-11-4-2-3-5-14(11)16-13-8-6-12(10-15)7-9-13/h6-9,11,14H,2-5,10,15H2,1H3. The molecule has 2 N–H and O–H groups in total. The van der Waals surface area contributed by atoms with Crippen LogP contribution in [0.2, 0.25) is 0 Å². The van der Waals surface area contributed by atoms with Crippen LogP contribution >= 0.6 is 0 Å². The molecule has 2 atom stereocenters. The molecule has 0 bridgehead atoms. The summed E-state index contributed by atoms with van der Waals surface area (Å²) in [6, 6.07) is 8.15. The zero-order valence-corrected chi connectivity index (χ0v) is 9.99. The second kappa shape index (κ2) is 5.35. The number of hydrogen-bond donors (Lipinski definition) is 1. The number of nitrogens with two attached hydrogens (primary N) is 1. The van der Waals surface area contributed by atoms with E-state index in [1.807, 2.05) is 24.3 Å². The average Bonchev–Trinajstić information content (AvgIpc) is 2.33. The first-order valence-electron chi connectivity index (χ1n) is 6.25. The Morgan fingerprint density at radius 2 is 1.88 bits per heavy atom. The average molecular weight is 219 g/mol. The molecule has 2 unspecified atom stereocenters. The van der Waals surface area contributed by atoms with Gasteiger partial charge in [-0.1, -0.05) is 25.5 Å². The summed E-state index contributed by atoms with van der Waals surface area (Å²) in [6.07, 6.45) is 5.55. The Hall–Kier alpha value is -1.02. The van der Waals surface area contributed by atoms with Crippen LogP contribution in [0.3, 0.4) is 0 Å². The molecule has 2 heteroatoms. The Balaban J connectivity index is 1.96. The minimum absolute atomic E-state index is 0.400. The molecule has 2 rings (SSSR count). The molecule has 0 aromatic heterocycles. The van der Waals surface area contributed by atoms with Gasteiger partial charge in [0.05, 0.1) is 0 Å². The fourth-order valence-electron chi connectivity index (χ4n) is 2.34. The third kappa shape index (κ3) is 2.76. The van der Waals surface area contributed by atoms with Crippen molar-refractivity contribution in [2.45, 2.75) is 45.3 Å². The fourth-order valence-corrected chi connectivity index (χ4v) is 2.34. The molecule has 0 amide bonds. The van der Waals surface area contributed by atoms with Crippen molar-refractivity contribution in [2.75, 3.05) is 0 Å². The predicted molar refractivity (Wildman–Crippen MR) is 66.4 cm³/mol. The van der Waals surface area contributed by atoms with Gasteiger partial charge in [0.15, 0.2) is 0 Å². The summed E-state index contributed by atoms with van der Waals surface area (Å²) in [5.74, 6) is 1.67. The maximum absolute atomic E-state index is 6.03. The molecule has 0 aliphatic heterocycles. The van der Waals surface area contributed by atoms with Gasteiger partial charge in [-0.05, 0) is 42.9 Å². The van der Waals surface area contributed by atoms with E-state index < -0.39 is 0 Å². The molecular formula is C14H21NO. The van der Waals surface area contributed by atoms with Gasteiger partial charge in [0, 0.05) is 6.54 Å². The van der Waals surface area contributed by atoms with Crippen LogP contribution in [-0.4, -0.2) is 6.10 Å². The molecule has 0 spiro atoms. The Kier molecular flexibility index (Phi) is 3.83.